The molecule has 0 fully saturated rings. The molecule has 0 aliphatic carbocycles. The molecule has 0 aliphatic heterocycles. The van der Waals surface area contributed by atoms with Gasteiger partial charge in [0.2, 0.25) is 0 Å². The molecule has 0 radical (unpaired) electrons. The van der Waals surface area contributed by atoms with Crippen LogP contribution in [0.5, 0.6) is 0 Å². The molecule has 0 spiro atoms. The number of aromatic nitrogens is 2. The Labute approximate surface area is 155 Å². The first-order valence-electron chi connectivity index (χ1n) is 8.81. The zero-order chi connectivity index (χ0) is 18.5. The molecule has 2 nitrogen and oxygen atoms in total. The Morgan fingerprint density at radius 3 is 2.27 bits per heavy atom. The van der Waals surface area contributed by atoms with Gasteiger partial charge in [-0.25, -0.2) is 0 Å². The summed E-state index contributed by atoms with van der Waals surface area (Å²) in [7, 11) is 0. The normalized spacial score (nSPS) is 12.0. The molecule has 0 saturated heterocycles. The van der Waals surface area contributed by atoms with Gasteiger partial charge in [-0.05, 0) is 0 Å². The Morgan fingerprint density at radius 2 is 1.58 bits per heavy atom. The summed E-state index contributed by atoms with van der Waals surface area (Å²) in [6.07, 6.45) is 0. The SMILES string of the molecule is Cc1nc(-c2ccc(F)cc2)c2ccc3ccc[c]([Ge]([CH3])([CH3])[CH3])c3c2n1. The fraction of sp³-hybridized carbons (Fsp3) is 0.182. The number of fused-ring (bicyclic) bond motifs is 3. The zero-order valence-corrected chi connectivity index (χ0v) is 17.6. The molecule has 0 unspecified atom stereocenters. The van der Waals surface area contributed by atoms with Gasteiger partial charge >= 0.3 is 155 Å². The second-order valence-corrected chi connectivity index (χ2v) is 18.3. The molecule has 3 aromatic carbocycles. The summed E-state index contributed by atoms with van der Waals surface area (Å²) in [5.74, 6) is 7.71. The predicted octanol–water partition coefficient (Wildman–Crippen LogP) is 5.44. The number of hydrogen-bond donors (Lipinski definition) is 0. The van der Waals surface area contributed by atoms with Gasteiger partial charge in [0, 0.05) is 0 Å². The zero-order valence-electron chi connectivity index (χ0n) is 15.5. The summed E-state index contributed by atoms with van der Waals surface area (Å²) < 4.78 is 14.8. The first-order valence-corrected chi connectivity index (χ1v) is 16.2. The van der Waals surface area contributed by atoms with E-state index in [9.17, 15) is 4.39 Å². The average molecular weight is 405 g/mol. The summed E-state index contributed by atoms with van der Waals surface area (Å²) in [4.78, 5) is 9.51. The molecule has 0 aliphatic rings. The van der Waals surface area contributed by atoms with Crippen LogP contribution in [0.15, 0.2) is 54.6 Å². The minimum absolute atomic E-state index is 0.239. The van der Waals surface area contributed by atoms with Gasteiger partial charge in [0.15, 0.2) is 0 Å². The van der Waals surface area contributed by atoms with Crippen LogP contribution < -0.4 is 4.40 Å². The molecule has 26 heavy (non-hydrogen) atoms. The maximum absolute atomic E-state index is 13.4. The van der Waals surface area contributed by atoms with Crippen molar-refractivity contribution >= 4 is 39.3 Å². The molecule has 4 rings (SSSR count). The molecule has 0 N–H and O–H groups in total. The van der Waals surface area contributed by atoms with Crippen LogP contribution in [-0.2, 0) is 0 Å². The Morgan fingerprint density at radius 1 is 0.846 bits per heavy atom. The van der Waals surface area contributed by atoms with E-state index in [0.717, 1.165) is 28.0 Å². The third-order valence-corrected chi connectivity index (χ3v) is 9.01. The topological polar surface area (TPSA) is 25.8 Å². The fourth-order valence-corrected chi connectivity index (χ4v) is 6.90. The molecular weight excluding hydrogens is 384 g/mol. The number of halogens is 1. The molecule has 0 saturated carbocycles. The van der Waals surface area contributed by atoms with Gasteiger partial charge in [-0.3, -0.25) is 0 Å². The number of nitrogens with zero attached hydrogens (tertiary/aromatic N) is 2. The van der Waals surface area contributed by atoms with Crippen LogP contribution in [0.2, 0.25) is 17.3 Å². The third kappa shape index (κ3) is 2.90. The van der Waals surface area contributed by atoms with Crippen LogP contribution in [0.4, 0.5) is 4.39 Å². The van der Waals surface area contributed by atoms with E-state index < -0.39 is 13.3 Å². The summed E-state index contributed by atoms with van der Waals surface area (Å²) in [6, 6.07) is 17.3. The van der Waals surface area contributed by atoms with Crippen molar-refractivity contribution in [3.05, 3.63) is 66.2 Å². The predicted molar refractivity (Wildman–Crippen MR) is 110 cm³/mol. The van der Waals surface area contributed by atoms with Crippen molar-refractivity contribution in [3.63, 3.8) is 0 Å². The molecule has 0 amide bonds. The van der Waals surface area contributed by atoms with Gasteiger partial charge in [0.05, 0.1) is 0 Å². The molecule has 130 valence electrons. The van der Waals surface area contributed by atoms with Crippen LogP contribution in [0.3, 0.4) is 0 Å². The second-order valence-electron chi connectivity index (χ2n) is 7.74. The van der Waals surface area contributed by atoms with Gasteiger partial charge in [0.1, 0.15) is 0 Å². The standard InChI is InChI=1S/C22H21FGeN2/c1-14-25-21(16-8-11-17(23)12-9-16)18-13-10-15-6-5-7-19(24(2,3)4)20(15)22(18)26-14/h5-13H,1-4H3. The molecule has 4 aromatic rings. The van der Waals surface area contributed by atoms with Gasteiger partial charge in [0.25, 0.3) is 0 Å². The second kappa shape index (κ2) is 6.16. The maximum atomic E-state index is 13.4. The molecule has 1 aromatic heterocycles. The molecule has 4 heteroatoms. The third-order valence-electron chi connectivity index (χ3n) is 4.75. The van der Waals surface area contributed by atoms with Gasteiger partial charge < -0.3 is 0 Å². The van der Waals surface area contributed by atoms with Crippen molar-refractivity contribution < 1.29 is 4.39 Å². The van der Waals surface area contributed by atoms with Crippen LogP contribution in [0, 0.1) is 12.7 Å². The molecular formula is C22H21FGeN2. The monoisotopic (exact) mass is 406 g/mol. The summed E-state index contributed by atoms with van der Waals surface area (Å²) in [5.41, 5.74) is 2.78. The number of aryl methyl sites for hydroxylation is 1. The van der Waals surface area contributed by atoms with Crippen molar-refractivity contribution in [2.75, 3.05) is 0 Å². The van der Waals surface area contributed by atoms with E-state index in [-0.39, 0.29) is 5.82 Å². The quantitative estimate of drug-likeness (QED) is 0.328. The van der Waals surface area contributed by atoms with Crippen LogP contribution >= 0.6 is 0 Å². The van der Waals surface area contributed by atoms with E-state index in [0.29, 0.717) is 0 Å². The van der Waals surface area contributed by atoms with Crippen molar-refractivity contribution in [2.24, 2.45) is 0 Å². The Kier molecular flexibility index (Phi) is 4.07. The first kappa shape index (κ1) is 17.2. The van der Waals surface area contributed by atoms with Crippen LogP contribution in [-0.4, -0.2) is 23.2 Å². The molecule has 0 atom stereocenters. The summed E-state index contributed by atoms with van der Waals surface area (Å²) in [5, 5.41) is 3.50. The van der Waals surface area contributed by atoms with Gasteiger partial charge in [-0.15, -0.1) is 0 Å². The molecule has 1 heterocycles. The van der Waals surface area contributed by atoms with Gasteiger partial charge in [-0.2, -0.15) is 0 Å². The fourth-order valence-electron chi connectivity index (χ4n) is 3.53. The number of benzene rings is 3. The van der Waals surface area contributed by atoms with E-state index >= 15 is 0 Å². The van der Waals surface area contributed by atoms with Crippen LogP contribution in [0.25, 0.3) is 32.9 Å². The van der Waals surface area contributed by atoms with Crippen molar-refractivity contribution in [2.45, 2.75) is 24.2 Å². The van der Waals surface area contributed by atoms with E-state index in [1.165, 1.54) is 27.3 Å². The Bertz CT molecular complexity index is 1130. The van der Waals surface area contributed by atoms with Crippen LogP contribution in [0.1, 0.15) is 5.82 Å². The Balaban J connectivity index is 2.14. The van der Waals surface area contributed by atoms with Crippen molar-refractivity contribution in [1.82, 2.24) is 9.97 Å². The van der Waals surface area contributed by atoms with Crippen molar-refractivity contribution in [1.29, 1.82) is 0 Å². The minimum atomic E-state index is -2.09. The first-order chi connectivity index (χ1) is 12.3. The van der Waals surface area contributed by atoms with E-state index in [4.69, 9.17) is 4.98 Å². The summed E-state index contributed by atoms with van der Waals surface area (Å²) in [6.45, 7) is 1.92. The average Bonchev–Trinajstić information content (AvgIpc) is 2.60. The number of hydrogen-bond acceptors (Lipinski definition) is 2. The van der Waals surface area contributed by atoms with Crippen molar-refractivity contribution in [3.8, 4) is 11.3 Å². The number of rotatable bonds is 2. The van der Waals surface area contributed by atoms with Gasteiger partial charge in [-0.1, -0.05) is 0 Å². The molecule has 0 bridgehead atoms. The van der Waals surface area contributed by atoms with E-state index in [1.54, 1.807) is 12.1 Å². The summed E-state index contributed by atoms with van der Waals surface area (Å²) >= 11 is -2.09. The van der Waals surface area contributed by atoms with E-state index in [1.807, 2.05) is 6.92 Å². The van der Waals surface area contributed by atoms with E-state index in [2.05, 4.69) is 52.6 Å². The Hall–Kier alpha value is -2.27.